The third-order valence-electron chi connectivity index (χ3n) is 1.93. The van der Waals surface area contributed by atoms with Gasteiger partial charge >= 0.3 is 0 Å². The average Bonchev–Trinajstić information content (AvgIpc) is 2.26. The van der Waals surface area contributed by atoms with Crippen LogP contribution in [0.15, 0.2) is 24.3 Å². The Kier molecular flexibility index (Phi) is 5.35. The molecule has 0 saturated carbocycles. The Morgan fingerprint density at radius 1 is 1.40 bits per heavy atom. The Balaban J connectivity index is 2.45. The van der Waals surface area contributed by atoms with E-state index in [-0.39, 0.29) is 0 Å². The van der Waals surface area contributed by atoms with Gasteiger partial charge < -0.3 is 10.1 Å². The van der Waals surface area contributed by atoms with Crippen LogP contribution >= 0.6 is 0 Å². The lowest BCUT2D eigenvalue weighted by molar-refractivity contribution is 0.340. The minimum atomic E-state index is 0.707. The Bertz CT molecular complexity index is 349. The summed E-state index contributed by atoms with van der Waals surface area (Å²) >= 11 is 0. The van der Waals surface area contributed by atoms with Crippen molar-refractivity contribution in [3.63, 3.8) is 0 Å². The first kappa shape index (κ1) is 11.6. The molecule has 0 unspecified atom stereocenters. The topological polar surface area (TPSA) is 21.3 Å². The first-order valence-electron chi connectivity index (χ1n) is 5.19. The van der Waals surface area contributed by atoms with Crippen LogP contribution in [0.3, 0.4) is 0 Å². The van der Waals surface area contributed by atoms with E-state index in [4.69, 9.17) is 4.74 Å². The van der Waals surface area contributed by atoms with E-state index in [1.165, 1.54) is 5.56 Å². The maximum atomic E-state index is 5.42. The first-order chi connectivity index (χ1) is 7.36. The summed E-state index contributed by atoms with van der Waals surface area (Å²) in [5.41, 5.74) is 1.22. The molecular weight excluding hydrogens is 186 g/mol. The lowest BCUT2D eigenvalue weighted by Gasteiger charge is -2.05. The molecule has 15 heavy (non-hydrogen) atoms. The van der Waals surface area contributed by atoms with Crippen LogP contribution in [-0.4, -0.2) is 13.2 Å². The van der Waals surface area contributed by atoms with Crippen molar-refractivity contribution in [2.75, 3.05) is 13.2 Å². The van der Waals surface area contributed by atoms with Gasteiger partial charge in [-0.25, -0.2) is 0 Å². The Labute approximate surface area is 91.6 Å². The second-order valence-corrected chi connectivity index (χ2v) is 3.11. The Hall–Kier alpha value is -1.46. The van der Waals surface area contributed by atoms with E-state index < -0.39 is 0 Å². The lowest BCUT2D eigenvalue weighted by Crippen LogP contribution is -2.13. The molecule has 0 saturated heterocycles. The zero-order valence-corrected chi connectivity index (χ0v) is 9.34. The van der Waals surface area contributed by atoms with Crippen molar-refractivity contribution in [3.05, 3.63) is 29.8 Å². The third kappa shape index (κ3) is 4.53. The van der Waals surface area contributed by atoms with E-state index in [9.17, 15) is 0 Å². The van der Waals surface area contributed by atoms with Gasteiger partial charge in [-0.15, -0.1) is 5.92 Å². The van der Waals surface area contributed by atoms with Gasteiger partial charge in [0.1, 0.15) is 5.75 Å². The maximum absolute atomic E-state index is 5.42. The van der Waals surface area contributed by atoms with E-state index in [1.54, 1.807) is 0 Å². The molecule has 1 N–H and O–H groups in total. The van der Waals surface area contributed by atoms with Gasteiger partial charge in [0.2, 0.25) is 0 Å². The molecule has 0 amide bonds. The second-order valence-electron chi connectivity index (χ2n) is 3.11. The standard InChI is InChI=1S/C13H17NO/c1-3-5-9-14-11-12-7-6-8-13(10-12)15-4-2/h6-8,10,14H,4,9,11H2,1-2H3. The zero-order valence-electron chi connectivity index (χ0n) is 9.34. The fourth-order valence-electron chi connectivity index (χ4n) is 1.27. The molecule has 0 bridgehead atoms. The summed E-state index contributed by atoms with van der Waals surface area (Å²) in [6.07, 6.45) is 0. The third-order valence-corrected chi connectivity index (χ3v) is 1.93. The van der Waals surface area contributed by atoms with Crippen molar-refractivity contribution in [2.45, 2.75) is 20.4 Å². The molecule has 1 rings (SSSR count). The predicted octanol–water partition coefficient (Wildman–Crippen LogP) is 2.20. The maximum Gasteiger partial charge on any atom is 0.119 e. The minimum Gasteiger partial charge on any atom is -0.494 e. The van der Waals surface area contributed by atoms with Crippen molar-refractivity contribution in [2.24, 2.45) is 0 Å². The van der Waals surface area contributed by atoms with Gasteiger partial charge in [0.05, 0.1) is 13.2 Å². The molecule has 80 valence electrons. The summed E-state index contributed by atoms with van der Waals surface area (Å²) in [6, 6.07) is 8.11. The molecule has 0 aliphatic carbocycles. The van der Waals surface area contributed by atoms with Gasteiger partial charge in [0, 0.05) is 6.54 Å². The molecule has 0 heterocycles. The molecule has 0 fully saturated rings. The number of ether oxygens (including phenoxy) is 1. The van der Waals surface area contributed by atoms with Crippen LogP contribution in [0.1, 0.15) is 19.4 Å². The molecule has 0 aliphatic heterocycles. The minimum absolute atomic E-state index is 0.707. The molecule has 1 aromatic carbocycles. The summed E-state index contributed by atoms with van der Waals surface area (Å²) in [4.78, 5) is 0. The van der Waals surface area contributed by atoms with E-state index in [2.05, 4.69) is 29.3 Å². The highest BCUT2D eigenvalue weighted by Gasteiger charge is 1.95. The van der Waals surface area contributed by atoms with Gasteiger partial charge in [0.25, 0.3) is 0 Å². The summed E-state index contributed by atoms with van der Waals surface area (Å²) in [7, 11) is 0. The van der Waals surface area contributed by atoms with E-state index in [1.807, 2.05) is 26.0 Å². The number of benzene rings is 1. The lowest BCUT2D eigenvalue weighted by atomic mass is 10.2. The van der Waals surface area contributed by atoms with Crippen LogP contribution < -0.4 is 10.1 Å². The van der Waals surface area contributed by atoms with Crippen LogP contribution in [0.2, 0.25) is 0 Å². The molecule has 2 nitrogen and oxygen atoms in total. The molecule has 2 heteroatoms. The smallest absolute Gasteiger partial charge is 0.119 e. The number of nitrogens with one attached hydrogen (secondary N) is 1. The van der Waals surface area contributed by atoms with Crippen molar-refractivity contribution in [1.82, 2.24) is 5.32 Å². The van der Waals surface area contributed by atoms with Gasteiger partial charge in [-0.2, -0.15) is 0 Å². The molecule has 0 aromatic heterocycles. The highest BCUT2D eigenvalue weighted by molar-refractivity contribution is 5.28. The summed E-state index contributed by atoms with van der Waals surface area (Å²) in [5.74, 6) is 6.74. The normalized spacial score (nSPS) is 9.20. The van der Waals surface area contributed by atoms with E-state index in [0.717, 1.165) is 18.8 Å². The SMILES string of the molecule is CC#CCNCc1cccc(OCC)c1. The number of rotatable bonds is 5. The molecule has 0 aliphatic rings. The molecule has 0 radical (unpaired) electrons. The van der Waals surface area contributed by atoms with Crippen LogP contribution in [0.4, 0.5) is 0 Å². The molecule has 0 spiro atoms. The summed E-state index contributed by atoms with van der Waals surface area (Å²) in [5, 5.41) is 3.24. The van der Waals surface area contributed by atoms with Gasteiger partial charge in [-0.3, -0.25) is 0 Å². The van der Waals surface area contributed by atoms with E-state index in [0.29, 0.717) is 6.61 Å². The summed E-state index contributed by atoms with van der Waals surface area (Å²) < 4.78 is 5.42. The molecular formula is C13H17NO. The second kappa shape index (κ2) is 6.92. The van der Waals surface area contributed by atoms with Gasteiger partial charge in [0.15, 0.2) is 0 Å². The van der Waals surface area contributed by atoms with E-state index >= 15 is 0 Å². The average molecular weight is 203 g/mol. The highest BCUT2D eigenvalue weighted by Crippen LogP contribution is 2.12. The summed E-state index contributed by atoms with van der Waals surface area (Å²) in [6.45, 7) is 6.10. The van der Waals surface area contributed by atoms with Crippen molar-refractivity contribution >= 4 is 0 Å². The van der Waals surface area contributed by atoms with Gasteiger partial charge in [-0.05, 0) is 31.5 Å². The van der Waals surface area contributed by atoms with Crippen LogP contribution in [0, 0.1) is 11.8 Å². The van der Waals surface area contributed by atoms with Crippen molar-refractivity contribution < 1.29 is 4.74 Å². The Morgan fingerprint density at radius 2 is 2.27 bits per heavy atom. The monoisotopic (exact) mass is 203 g/mol. The first-order valence-corrected chi connectivity index (χ1v) is 5.19. The fourth-order valence-corrected chi connectivity index (χ4v) is 1.27. The number of hydrogen-bond donors (Lipinski definition) is 1. The quantitative estimate of drug-likeness (QED) is 0.585. The fraction of sp³-hybridized carbons (Fsp3) is 0.385. The Morgan fingerprint density at radius 3 is 3.00 bits per heavy atom. The van der Waals surface area contributed by atoms with Crippen molar-refractivity contribution in [1.29, 1.82) is 0 Å². The van der Waals surface area contributed by atoms with Crippen LogP contribution in [-0.2, 0) is 6.54 Å². The molecule has 0 atom stereocenters. The largest absolute Gasteiger partial charge is 0.494 e. The van der Waals surface area contributed by atoms with Gasteiger partial charge in [-0.1, -0.05) is 18.1 Å². The number of hydrogen-bond acceptors (Lipinski definition) is 2. The van der Waals surface area contributed by atoms with Crippen LogP contribution in [0.25, 0.3) is 0 Å². The highest BCUT2D eigenvalue weighted by atomic mass is 16.5. The van der Waals surface area contributed by atoms with Crippen LogP contribution in [0.5, 0.6) is 5.75 Å². The zero-order chi connectivity index (χ0) is 10.9. The molecule has 1 aromatic rings. The predicted molar refractivity (Wildman–Crippen MR) is 62.8 cm³/mol. The van der Waals surface area contributed by atoms with Crippen molar-refractivity contribution in [3.8, 4) is 17.6 Å².